The smallest absolute Gasteiger partial charge is 0.151 e. The molecule has 0 spiro atoms. The molecule has 0 saturated carbocycles. The van der Waals surface area contributed by atoms with Crippen LogP contribution in [0.25, 0.3) is 0 Å². The van der Waals surface area contributed by atoms with Crippen LogP contribution in [0.3, 0.4) is 0 Å². The third kappa shape index (κ3) is 2.07. The molecule has 2 rings (SSSR count). The maximum Gasteiger partial charge on any atom is 0.151 e. The molecule has 1 saturated heterocycles. The monoisotopic (exact) mass is 220 g/mol. The predicted molar refractivity (Wildman–Crippen MR) is 61.8 cm³/mol. The van der Waals surface area contributed by atoms with Gasteiger partial charge in [-0.05, 0) is 25.0 Å². The number of aldehydes is 1. The second kappa shape index (κ2) is 4.61. The van der Waals surface area contributed by atoms with E-state index in [0.717, 1.165) is 37.2 Å². The Morgan fingerprint density at radius 1 is 1.69 bits per heavy atom. The molecule has 1 aromatic heterocycles. The Kier molecular flexibility index (Phi) is 3.19. The van der Waals surface area contributed by atoms with E-state index < -0.39 is 0 Å². The highest BCUT2D eigenvalue weighted by atomic mass is 16.3. The largest absolute Gasteiger partial charge is 0.396 e. The molecule has 1 N–H and O–H groups in total. The summed E-state index contributed by atoms with van der Waals surface area (Å²) in [5.74, 6) is 1.29. The van der Waals surface area contributed by atoms with E-state index in [-0.39, 0.29) is 6.61 Å². The first-order valence-corrected chi connectivity index (χ1v) is 5.52. The fourth-order valence-electron chi connectivity index (χ4n) is 2.16. The van der Waals surface area contributed by atoms with Gasteiger partial charge in [-0.3, -0.25) is 4.79 Å². The minimum absolute atomic E-state index is 0.238. The quantitative estimate of drug-likeness (QED) is 0.773. The summed E-state index contributed by atoms with van der Waals surface area (Å²) < 4.78 is 0. The van der Waals surface area contributed by atoms with Gasteiger partial charge in [0.1, 0.15) is 5.82 Å². The van der Waals surface area contributed by atoms with Crippen LogP contribution in [0.5, 0.6) is 0 Å². The average molecular weight is 220 g/mol. The molecular weight excluding hydrogens is 204 g/mol. The van der Waals surface area contributed by atoms with Gasteiger partial charge < -0.3 is 10.0 Å². The van der Waals surface area contributed by atoms with Gasteiger partial charge in [-0.2, -0.15) is 0 Å². The van der Waals surface area contributed by atoms with Crippen molar-refractivity contribution in [3.05, 3.63) is 23.4 Å². The van der Waals surface area contributed by atoms with Gasteiger partial charge in [0.15, 0.2) is 6.29 Å². The van der Waals surface area contributed by atoms with Gasteiger partial charge in [-0.1, -0.05) is 0 Å². The molecule has 4 heteroatoms. The zero-order valence-corrected chi connectivity index (χ0v) is 9.39. The van der Waals surface area contributed by atoms with Gasteiger partial charge in [0.25, 0.3) is 0 Å². The number of aromatic nitrogens is 1. The first kappa shape index (κ1) is 11.1. The molecule has 0 bridgehead atoms. The Morgan fingerprint density at radius 3 is 3.06 bits per heavy atom. The number of pyridine rings is 1. The Balaban J connectivity index is 2.18. The summed E-state index contributed by atoms with van der Waals surface area (Å²) in [5, 5.41) is 9.09. The third-order valence-corrected chi connectivity index (χ3v) is 3.05. The van der Waals surface area contributed by atoms with Crippen molar-refractivity contribution in [2.75, 3.05) is 24.6 Å². The van der Waals surface area contributed by atoms with E-state index >= 15 is 0 Å². The molecule has 1 aromatic rings. The van der Waals surface area contributed by atoms with Gasteiger partial charge >= 0.3 is 0 Å². The lowest BCUT2D eigenvalue weighted by Gasteiger charge is -2.19. The zero-order chi connectivity index (χ0) is 11.5. The molecule has 0 aliphatic carbocycles. The Hall–Kier alpha value is -1.42. The van der Waals surface area contributed by atoms with Crippen molar-refractivity contribution < 1.29 is 9.90 Å². The summed E-state index contributed by atoms with van der Waals surface area (Å²) in [6, 6.07) is 1.85. The van der Waals surface area contributed by atoms with E-state index in [4.69, 9.17) is 5.11 Å². The Morgan fingerprint density at radius 2 is 2.50 bits per heavy atom. The number of rotatable bonds is 3. The van der Waals surface area contributed by atoms with Crippen LogP contribution in [0.2, 0.25) is 0 Å². The van der Waals surface area contributed by atoms with Crippen LogP contribution < -0.4 is 4.90 Å². The van der Waals surface area contributed by atoms with Gasteiger partial charge in [0.05, 0.1) is 0 Å². The summed E-state index contributed by atoms with van der Waals surface area (Å²) in [4.78, 5) is 17.1. The SMILES string of the molecule is Cc1cc(C=O)cnc1N1CCC(CO)C1. The molecule has 4 nitrogen and oxygen atoms in total. The number of carbonyl (C=O) groups excluding carboxylic acids is 1. The summed E-state index contributed by atoms with van der Waals surface area (Å²) >= 11 is 0. The second-order valence-corrected chi connectivity index (χ2v) is 4.31. The Bertz CT molecular complexity index is 393. The van der Waals surface area contributed by atoms with Crippen LogP contribution in [0.15, 0.2) is 12.3 Å². The highest BCUT2D eigenvalue weighted by Gasteiger charge is 2.23. The second-order valence-electron chi connectivity index (χ2n) is 4.31. The maximum atomic E-state index is 10.6. The molecule has 86 valence electrons. The van der Waals surface area contributed by atoms with Crippen molar-refractivity contribution in [1.29, 1.82) is 0 Å². The van der Waals surface area contributed by atoms with Crippen LogP contribution in [0.1, 0.15) is 22.3 Å². The highest BCUT2D eigenvalue weighted by Crippen LogP contribution is 2.24. The van der Waals surface area contributed by atoms with Crippen LogP contribution in [0, 0.1) is 12.8 Å². The molecule has 1 unspecified atom stereocenters. The molecule has 0 amide bonds. The minimum Gasteiger partial charge on any atom is -0.396 e. The predicted octanol–water partition coefficient (Wildman–Crippen LogP) is 1.02. The van der Waals surface area contributed by atoms with E-state index in [0.29, 0.717) is 11.5 Å². The molecular formula is C12H16N2O2. The van der Waals surface area contributed by atoms with Crippen molar-refractivity contribution in [1.82, 2.24) is 4.98 Å². The zero-order valence-electron chi connectivity index (χ0n) is 9.39. The number of aliphatic hydroxyl groups is 1. The molecule has 16 heavy (non-hydrogen) atoms. The van der Waals surface area contributed by atoms with Crippen LogP contribution in [-0.4, -0.2) is 36.1 Å². The van der Waals surface area contributed by atoms with Gasteiger partial charge in [0, 0.05) is 37.4 Å². The normalized spacial score (nSPS) is 20.1. The number of carbonyl (C=O) groups is 1. The molecule has 0 aromatic carbocycles. The first-order valence-electron chi connectivity index (χ1n) is 5.52. The maximum absolute atomic E-state index is 10.6. The average Bonchev–Trinajstić information content (AvgIpc) is 2.77. The fourth-order valence-corrected chi connectivity index (χ4v) is 2.16. The summed E-state index contributed by atoms with van der Waals surface area (Å²) in [7, 11) is 0. The van der Waals surface area contributed by atoms with Crippen molar-refractivity contribution in [2.24, 2.45) is 5.92 Å². The van der Waals surface area contributed by atoms with Crippen molar-refractivity contribution in [3.63, 3.8) is 0 Å². The number of aryl methyl sites for hydroxylation is 1. The lowest BCUT2D eigenvalue weighted by molar-refractivity contribution is 0.112. The summed E-state index contributed by atoms with van der Waals surface area (Å²) in [6.45, 7) is 3.98. The minimum atomic E-state index is 0.238. The lowest BCUT2D eigenvalue weighted by Crippen LogP contribution is -2.22. The number of hydrogen-bond donors (Lipinski definition) is 1. The summed E-state index contributed by atoms with van der Waals surface area (Å²) in [6.07, 6.45) is 3.42. The molecule has 0 radical (unpaired) electrons. The van der Waals surface area contributed by atoms with E-state index in [2.05, 4.69) is 9.88 Å². The van der Waals surface area contributed by atoms with Crippen molar-refractivity contribution >= 4 is 12.1 Å². The van der Waals surface area contributed by atoms with Crippen LogP contribution >= 0.6 is 0 Å². The summed E-state index contributed by atoms with van der Waals surface area (Å²) in [5.41, 5.74) is 1.63. The number of nitrogens with zero attached hydrogens (tertiary/aromatic N) is 2. The molecule has 1 fully saturated rings. The molecule has 1 aliphatic heterocycles. The van der Waals surface area contributed by atoms with E-state index in [9.17, 15) is 4.79 Å². The first-order chi connectivity index (χ1) is 7.74. The third-order valence-electron chi connectivity index (χ3n) is 3.05. The molecule has 1 atom stereocenters. The van der Waals surface area contributed by atoms with Gasteiger partial charge in [-0.25, -0.2) is 4.98 Å². The van der Waals surface area contributed by atoms with E-state index in [1.165, 1.54) is 0 Å². The van der Waals surface area contributed by atoms with Crippen molar-refractivity contribution in [3.8, 4) is 0 Å². The number of aliphatic hydroxyl groups excluding tert-OH is 1. The topological polar surface area (TPSA) is 53.4 Å². The number of hydrogen-bond acceptors (Lipinski definition) is 4. The molecule has 1 aliphatic rings. The lowest BCUT2D eigenvalue weighted by atomic mass is 10.1. The number of anilines is 1. The molecule has 2 heterocycles. The fraction of sp³-hybridized carbons (Fsp3) is 0.500. The highest BCUT2D eigenvalue weighted by molar-refractivity contribution is 5.75. The van der Waals surface area contributed by atoms with Gasteiger partial charge in [0.2, 0.25) is 0 Å². The van der Waals surface area contributed by atoms with E-state index in [1.54, 1.807) is 6.20 Å². The standard InChI is InChI=1S/C12H16N2O2/c1-9-4-11(8-16)5-13-12(9)14-3-2-10(6-14)7-15/h4-5,8,10,15H,2-3,6-7H2,1H3. The Labute approximate surface area is 94.9 Å². The van der Waals surface area contributed by atoms with Gasteiger partial charge in [-0.15, -0.1) is 0 Å². The van der Waals surface area contributed by atoms with Crippen LogP contribution in [0.4, 0.5) is 5.82 Å². The van der Waals surface area contributed by atoms with E-state index in [1.807, 2.05) is 13.0 Å². The van der Waals surface area contributed by atoms with Crippen LogP contribution in [-0.2, 0) is 0 Å². The van der Waals surface area contributed by atoms with Crippen molar-refractivity contribution in [2.45, 2.75) is 13.3 Å².